The zero-order valence-corrected chi connectivity index (χ0v) is 16.5. The number of anilines is 1. The van der Waals surface area contributed by atoms with Crippen molar-refractivity contribution < 1.29 is 14.3 Å². The van der Waals surface area contributed by atoms with Gasteiger partial charge in [0.1, 0.15) is 5.60 Å². The van der Waals surface area contributed by atoms with Crippen molar-refractivity contribution in [2.24, 2.45) is 0 Å². The van der Waals surface area contributed by atoms with Gasteiger partial charge >= 0.3 is 6.09 Å². The van der Waals surface area contributed by atoms with Crippen LogP contribution in [0.4, 0.5) is 10.5 Å². The lowest BCUT2D eigenvalue weighted by molar-refractivity contribution is -0.120. The molecule has 5 nitrogen and oxygen atoms in total. The normalized spacial score (nSPS) is 11.1. The van der Waals surface area contributed by atoms with Crippen molar-refractivity contribution >= 4 is 29.0 Å². The number of amides is 2. The van der Waals surface area contributed by atoms with Gasteiger partial charge in [-0.3, -0.25) is 10.1 Å². The first-order chi connectivity index (χ1) is 12.2. The molecule has 0 aliphatic rings. The fraction of sp³-hybridized carbons (Fsp3) is 0.400. The first-order valence-electron chi connectivity index (χ1n) is 8.68. The summed E-state index contributed by atoms with van der Waals surface area (Å²) in [6, 6.07) is 11.3. The molecular formula is C20H26N2O3S. The maximum absolute atomic E-state index is 12.1. The van der Waals surface area contributed by atoms with Gasteiger partial charge in [-0.25, -0.2) is 4.79 Å². The number of hydrogen-bond acceptors (Lipinski definition) is 4. The summed E-state index contributed by atoms with van der Waals surface area (Å²) in [6.45, 7) is 8.12. The molecule has 0 fully saturated rings. The number of benzene rings is 1. The minimum absolute atomic E-state index is 0.0238. The van der Waals surface area contributed by atoms with E-state index in [0.717, 1.165) is 16.9 Å². The van der Waals surface area contributed by atoms with Crippen LogP contribution in [0.1, 0.15) is 43.0 Å². The van der Waals surface area contributed by atoms with Crippen molar-refractivity contribution in [3.63, 3.8) is 0 Å². The first-order valence-corrected chi connectivity index (χ1v) is 9.50. The van der Waals surface area contributed by atoms with Crippen molar-refractivity contribution in [1.82, 2.24) is 5.32 Å². The molecule has 2 aromatic rings. The van der Waals surface area contributed by atoms with E-state index in [1.165, 1.54) is 4.88 Å². The van der Waals surface area contributed by atoms with Crippen molar-refractivity contribution in [1.29, 1.82) is 0 Å². The molecule has 2 N–H and O–H groups in total. The van der Waals surface area contributed by atoms with Gasteiger partial charge in [0, 0.05) is 15.4 Å². The number of rotatable bonds is 6. The van der Waals surface area contributed by atoms with Gasteiger partial charge in [-0.1, -0.05) is 19.1 Å². The lowest BCUT2D eigenvalue weighted by Gasteiger charge is -2.19. The Balaban J connectivity index is 1.80. The maximum Gasteiger partial charge on any atom is 0.412 e. The zero-order valence-electron chi connectivity index (χ0n) is 15.7. The Bertz CT molecular complexity index is 745. The van der Waals surface area contributed by atoms with Gasteiger partial charge < -0.3 is 10.1 Å². The highest BCUT2D eigenvalue weighted by Gasteiger charge is 2.16. The third-order valence-corrected chi connectivity index (χ3v) is 4.72. The van der Waals surface area contributed by atoms with E-state index in [1.54, 1.807) is 23.5 Å². The fourth-order valence-electron chi connectivity index (χ4n) is 2.27. The van der Waals surface area contributed by atoms with Crippen LogP contribution < -0.4 is 10.6 Å². The molecule has 0 spiro atoms. The largest absolute Gasteiger partial charge is 0.444 e. The molecule has 0 unspecified atom stereocenters. The quantitative estimate of drug-likeness (QED) is 0.781. The maximum atomic E-state index is 12.1. The Morgan fingerprint density at radius 3 is 2.27 bits per heavy atom. The van der Waals surface area contributed by atoms with E-state index in [0.29, 0.717) is 18.7 Å². The van der Waals surface area contributed by atoms with E-state index in [-0.39, 0.29) is 5.91 Å². The van der Waals surface area contributed by atoms with Gasteiger partial charge in [-0.2, -0.15) is 0 Å². The van der Waals surface area contributed by atoms with Crippen LogP contribution in [0.2, 0.25) is 0 Å². The van der Waals surface area contributed by atoms with Gasteiger partial charge in [0.15, 0.2) is 0 Å². The highest BCUT2D eigenvalue weighted by atomic mass is 32.1. The molecule has 1 aromatic heterocycles. The topological polar surface area (TPSA) is 67.4 Å². The van der Waals surface area contributed by atoms with Gasteiger partial charge in [0.2, 0.25) is 5.91 Å². The number of thiophene rings is 1. The van der Waals surface area contributed by atoms with E-state index < -0.39 is 11.7 Å². The molecule has 1 heterocycles. The SMILES string of the molecule is CCc1ccc(CNC(=O)Cc2ccc(NC(=O)OC(C)(C)C)cc2)s1. The third kappa shape index (κ3) is 6.88. The summed E-state index contributed by atoms with van der Waals surface area (Å²) < 4.78 is 5.21. The summed E-state index contributed by atoms with van der Waals surface area (Å²) in [5, 5.41) is 5.61. The molecule has 2 rings (SSSR count). The van der Waals surface area contributed by atoms with Crippen LogP contribution in [0.15, 0.2) is 36.4 Å². The lowest BCUT2D eigenvalue weighted by atomic mass is 10.1. The Morgan fingerprint density at radius 2 is 1.69 bits per heavy atom. The van der Waals surface area contributed by atoms with Crippen molar-refractivity contribution in [2.45, 2.75) is 52.7 Å². The van der Waals surface area contributed by atoms with Crippen LogP contribution in [0.5, 0.6) is 0 Å². The number of carbonyl (C=O) groups excluding carboxylic acids is 2. The van der Waals surface area contributed by atoms with Crippen molar-refractivity contribution in [2.75, 3.05) is 5.32 Å². The number of hydrogen-bond donors (Lipinski definition) is 2. The van der Waals surface area contributed by atoms with Gasteiger partial charge in [-0.05, 0) is 57.0 Å². The third-order valence-electron chi connectivity index (χ3n) is 3.49. The molecule has 0 aliphatic heterocycles. The van der Waals surface area contributed by atoms with Crippen molar-refractivity contribution in [3.8, 4) is 0 Å². The first kappa shape index (κ1) is 20.0. The summed E-state index contributed by atoms with van der Waals surface area (Å²) in [6.07, 6.45) is 0.825. The predicted octanol–water partition coefficient (Wildman–Crippen LogP) is 4.52. The van der Waals surface area contributed by atoms with E-state index in [4.69, 9.17) is 4.74 Å². The summed E-state index contributed by atoms with van der Waals surface area (Å²) in [7, 11) is 0. The standard InChI is InChI=1S/C20H26N2O3S/c1-5-16-10-11-17(26-16)13-21-18(23)12-14-6-8-15(9-7-14)22-19(24)25-20(2,3)4/h6-11H,5,12-13H2,1-4H3,(H,21,23)(H,22,24). The highest BCUT2D eigenvalue weighted by Crippen LogP contribution is 2.17. The van der Waals surface area contributed by atoms with Gasteiger partial charge in [0.05, 0.1) is 13.0 Å². The van der Waals surface area contributed by atoms with E-state index >= 15 is 0 Å². The molecule has 0 radical (unpaired) electrons. The minimum atomic E-state index is -0.539. The van der Waals surface area contributed by atoms with Gasteiger partial charge in [0.25, 0.3) is 0 Å². The molecule has 26 heavy (non-hydrogen) atoms. The molecular weight excluding hydrogens is 348 g/mol. The summed E-state index contributed by atoms with van der Waals surface area (Å²) in [4.78, 5) is 26.3. The van der Waals surface area contributed by atoms with E-state index in [1.807, 2.05) is 32.9 Å². The monoisotopic (exact) mass is 374 g/mol. The lowest BCUT2D eigenvalue weighted by Crippen LogP contribution is -2.27. The fourth-order valence-corrected chi connectivity index (χ4v) is 3.17. The summed E-state index contributed by atoms with van der Waals surface area (Å²) in [5.74, 6) is -0.0238. The number of aryl methyl sites for hydroxylation is 1. The summed E-state index contributed by atoms with van der Waals surface area (Å²) in [5.41, 5.74) is 0.981. The van der Waals surface area contributed by atoms with Crippen LogP contribution in [0, 0.1) is 0 Å². The molecule has 1 aromatic carbocycles. The summed E-state index contributed by atoms with van der Waals surface area (Å²) >= 11 is 1.73. The van der Waals surface area contributed by atoms with Crippen LogP contribution >= 0.6 is 11.3 Å². The van der Waals surface area contributed by atoms with Crippen LogP contribution in [-0.4, -0.2) is 17.6 Å². The zero-order chi connectivity index (χ0) is 19.2. The predicted molar refractivity (Wildman–Crippen MR) is 106 cm³/mol. The molecule has 0 saturated carbocycles. The van der Waals surface area contributed by atoms with Gasteiger partial charge in [-0.15, -0.1) is 11.3 Å². The van der Waals surface area contributed by atoms with E-state index in [9.17, 15) is 9.59 Å². The van der Waals surface area contributed by atoms with Crippen LogP contribution in [-0.2, 0) is 28.9 Å². The van der Waals surface area contributed by atoms with Crippen LogP contribution in [0.3, 0.4) is 0 Å². The Hall–Kier alpha value is -2.34. The average molecular weight is 375 g/mol. The molecule has 0 bridgehead atoms. The number of nitrogens with one attached hydrogen (secondary N) is 2. The molecule has 0 aliphatic carbocycles. The second-order valence-corrected chi connectivity index (χ2v) is 8.25. The smallest absolute Gasteiger partial charge is 0.412 e. The second kappa shape index (κ2) is 8.85. The molecule has 0 saturated heterocycles. The molecule has 6 heteroatoms. The Morgan fingerprint density at radius 1 is 1.04 bits per heavy atom. The van der Waals surface area contributed by atoms with Crippen LogP contribution in [0.25, 0.3) is 0 Å². The van der Waals surface area contributed by atoms with E-state index in [2.05, 4.69) is 29.7 Å². The Kier molecular flexibility index (Phi) is 6.80. The minimum Gasteiger partial charge on any atom is -0.444 e. The Labute approximate surface area is 158 Å². The molecule has 140 valence electrons. The number of carbonyl (C=O) groups is 2. The molecule has 0 atom stereocenters. The second-order valence-electron chi connectivity index (χ2n) is 7.00. The number of ether oxygens (including phenoxy) is 1. The highest BCUT2D eigenvalue weighted by molar-refractivity contribution is 7.11. The average Bonchev–Trinajstić information content (AvgIpc) is 3.01. The molecule has 2 amide bonds. The van der Waals surface area contributed by atoms with Crippen molar-refractivity contribution in [3.05, 3.63) is 51.7 Å².